The van der Waals surface area contributed by atoms with Gasteiger partial charge in [0, 0.05) is 17.1 Å². The SMILES string of the molecule is CCC1Oc2ccc(-c3csc(-c4ccccn4)n3)cc2N(CC(=O)Nc2ccccc2OC)C1=O. The van der Waals surface area contributed by atoms with Gasteiger partial charge in [-0.05, 0) is 48.9 Å². The molecule has 0 bridgehead atoms. The molecule has 0 fully saturated rings. The number of para-hydroxylation sites is 2. The first kappa shape index (κ1) is 23.5. The third-order valence-corrected chi connectivity index (χ3v) is 6.66. The van der Waals surface area contributed by atoms with E-state index in [4.69, 9.17) is 14.5 Å². The maximum Gasteiger partial charge on any atom is 0.268 e. The summed E-state index contributed by atoms with van der Waals surface area (Å²) in [5.74, 6) is 0.493. The number of carbonyl (C=O) groups is 2. The first-order valence-corrected chi connectivity index (χ1v) is 12.4. The van der Waals surface area contributed by atoms with E-state index in [0.29, 0.717) is 29.3 Å². The normalized spacial score (nSPS) is 14.7. The number of nitrogens with one attached hydrogen (secondary N) is 1. The number of anilines is 2. The summed E-state index contributed by atoms with van der Waals surface area (Å²) in [6, 6.07) is 18.4. The van der Waals surface area contributed by atoms with Gasteiger partial charge in [-0.2, -0.15) is 0 Å². The summed E-state index contributed by atoms with van der Waals surface area (Å²) in [7, 11) is 1.54. The minimum Gasteiger partial charge on any atom is -0.495 e. The van der Waals surface area contributed by atoms with Gasteiger partial charge in [-0.15, -0.1) is 11.3 Å². The Balaban J connectivity index is 1.44. The molecule has 2 amide bonds. The molecule has 8 nitrogen and oxygen atoms in total. The zero-order valence-electron chi connectivity index (χ0n) is 19.8. The molecule has 3 heterocycles. The molecule has 1 aliphatic rings. The van der Waals surface area contributed by atoms with Crippen molar-refractivity contribution < 1.29 is 19.1 Å². The smallest absolute Gasteiger partial charge is 0.268 e. The lowest BCUT2D eigenvalue weighted by Crippen LogP contribution is -2.48. The molecule has 0 saturated carbocycles. The van der Waals surface area contributed by atoms with Crippen molar-refractivity contribution in [1.82, 2.24) is 9.97 Å². The molecule has 36 heavy (non-hydrogen) atoms. The quantitative estimate of drug-likeness (QED) is 0.383. The average Bonchev–Trinajstić information content (AvgIpc) is 3.41. The molecule has 1 aliphatic heterocycles. The highest BCUT2D eigenvalue weighted by atomic mass is 32.1. The Morgan fingerprint density at radius 2 is 1.97 bits per heavy atom. The summed E-state index contributed by atoms with van der Waals surface area (Å²) in [6.07, 6.45) is 1.57. The highest BCUT2D eigenvalue weighted by molar-refractivity contribution is 7.13. The van der Waals surface area contributed by atoms with Crippen LogP contribution in [0.2, 0.25) is 0 Å². The Labute approximate surface area is 212 Å². The van der Waals surface area contributed by atoms with Crippen molar-refractivity contribution >= 4 is 34.5 Å². The van der Waals surface area contributed by atoms with Gasteiger partial charge in [0.05, 0.1) is 29.9 Å². The minimum atomic E-state index is -0.655. The van der Waals surface area contributed by atoms with Crippen LogP contribution in [0.3, 0.4) is 0 Å². The molecule has 2 aromatic carbocycles. The van der Waals surface area contributed by atoms with Gasteiger partial charge in [-0.25, -0.2) is 4.98 Å². The van der Waals surface area contributed by atoms with E-state index < -0.39 is 6.10 Å². The van der Waals surface area contributed by atoms with Gasteiger partial charge in [0.15, 0.2) is 6.10 Å². The Morgan fingerprint density at radius 3 is 2.75 bits per heavy atom. The summed E-state index contributed by atoms with van der Waals surface area (Å²) in [5, 5.41) is 5.59. The minimum absolute atomic E-state index is 0.163. The molecular formula is C27H24N4O4S. The maximum atomic E-state index is 13.2. The van der Waals surface area contributed by atoms with Crippen LogP contribution in [0.25, 0.3) is 22.0 Å². The second kappa shape index (κ2) is 10.2. The van der Waals surface area contributed by atoms with Gasteiger partial charge < -0.3 is 14.8 Å². The number of thiazole rings is 1. The van der Waals surface area contributed by atoms with Crippen molar-refractivity contribution in [2.45, 2.75) is 19.4 Å². The maximum absolute atomic E-state index is 13.2. The lowest BCUT2D eigenvalue weighted by Gasteiger charge is -2.34. The number of pyridine rings is 1. The second-order valence-electron chi connectivity index (χ2n) is 8.12. The Kier molecular flexibility index (Phi) is 6.64. The Morgan fingerprint density at radius 1 is 1.14 bits per heavy atom. The molecule has 1 unspecified atom stereocenters. The van der Waals surface area contributed by atoms with Gasteiger partial charge in [-0.3, -0.25) is 19.5 Å². The van der Waals surface area contributed by atoms with Crippen molar-refractivity contribution in [1.29, 1.82) is 0 Å². The molecule has 0 saturated heterocycles. The van der Waals surface area contributed by atoms with Crippen LogP contribution in [-0.4, -0.2) is 41.5 Å². The highest BCUT2D eigenvalue weighted by Gasteiger charge is 2.35. The average molecular weight is 501 g/mol. The summed E-state index contributed by atoms with van der Waals surface area (Å²) < 4.78 is 11.3. The predicted molar refractivity (Wildman–Crippen MR) is 139 cm³/mol. The summed E-state index contributed by atoms with van der Waals surface area (Å²) in [6.45, 7) is 1.72. The van der Waals surface area contributed by atoms with Gasteiger partial charge in [-0.1, -0.05) is 25.1 Å². The number of fused-ring (bicyclic) bond motifs is 1. The number of hydrogen-bond acceptors (Lipinski definition) is 7. The van der Waals surface area contributed by atoms with Gasteiger partial charge in [0.1, 0.15) is 23.1 Å². The van der Waals surface area contributed by atoms with Crippen LogP contribution >= 0.6 is 11.3 Å². The van der Waals surface area contributed by atoms with E-state index in [0.717, 1.165) is 22.0 Å². The zero-order chi connectivity index (χ0) is 25.1. The molecule has 9 heteroatoms. The molecule has 1 N–H and O–H groups in total. The number of ether oxygens (including phenoxy) is 2. The molecule has 0 aliphatic carbocycles. The topological polar surface area (TPSA) is 93.7 Å². The molecule has 1 atom stereocenters. The first-order chi connectivity index (χ1) is 17.6. The number of carbonyl (C=O) groups excluding carboxylic acids is 2. The molecular weight excluding hydrogens is 476 g/mol. The van der Waals surface area contributed by atoms with E-state index >= 15 is 0 Å². The van der Waals surface area contributed by atoms with Crippen molar-refractivity contribution in [3.8, 4) is 33.5 Å². The molecule has 0 radical (unpaired) electrons. The number of aromatic nitrogens is 2. The summed E-state index contributed by atoms with van der Waals surface area (Å²) in [5.41, 5.74) is 3.44. The van der Waals surface area contributed by atoms with Gasteiger partial charge in [0.25, 0.3) is 5.91 Å². The van der Waals surface area contributed by atoms with Crippen LogP contribution in [0.15, 0.2) is 72.2 Å². The number of benzene rings is 2. The largest absolute Gasteiger partial charge is 0.495 e. The number of nitrogens with zero attached hydrogens (tertiary/aromatic N) is 3. The molecule has 2 aromatic heterocycles. The van der Waals surface area contributed by atoms with Crippen LogP contribution in [0.5, 0.6) is 11.5 Å². The van der Waals surface area contributed by atoms with E-state index in [9.17, 15) is 9.59 Å². The predicted octanol–water partition coefficient (Wildman–Crippen LogP) is 5.02. The Hall–Kier alpha value is -4.24. The number of methoxy groups -OCH3 is 1. The van der Waals surface area contributed by atoms with E-state index in [-0.39, 0.29) is 18.4 Å². The van der Waals surface area contributed by atoms with E-state index in [1.54, 1.807) is 24.4 Å². The van der Waals surface area contributed by atoms with E-state index in [1.165, 1.54) is 23.3 Å². The third kappa shape index (κ3) is 4.65. The fourth-order valence-corrected chi connectivity index (χ4v) is 4.80. The first-order valence-electron chi connectivity index (χ1n) is 11.5. The lowest BCUT2D eigenvalue weighted by molar-refractivity contribution is -0.128. The summed E-state index contributed by atoms with van der Waals surface area (Å²) >= 11 is 1.49. The number of hydrogen-bond donors (Lipinski definition) is 1. The molecule has 182 valence electrons. The van der Waals surface area contributed by atoms with E-state index in [2.05, 4.69) is 10.3 Å². The third-order valence-electron chi connectivity index (χ3n) is 5.80. The Bertz CT molecular complexity index is 1410. The number of amides is 2. The number of rotatable bonds is 7. The van der Waals surface area contributed by atoms with Crippen LogP contribution in [-0.2, 0) is 9.59 Å². The van der Waals surface area contributed by atoms with Crippen molar-refractivity contribution in [3.63, 3.8) is 0 Å². The summed E-state index contributed by atoms with van der Waals surface area (Å²) in [4.78, 5) is 36.8. The zero-order valence-corrected chi connectivity index (χ0v) is 20.6. The lowest BCUT2D eigenvalue weighted by atomic mass is 10.1. The monoisotopic (exact) mass is 500 g/mol. The standard InChI is InChI=1S/C27H24N4O4S/c1-3-22-27(33)31(15-25(32)29-18-8-4-5-10-23(18)34-2)21-14-17(11-12-24(21)35-22)20-16-36-26(30-20)19-9-6-7-13-28-19/h4-14,16,22H,3,15H2,1-2H3,(H,29,32). The molecule has 4 aromatic rings. The highest BCUT2D eigenvalue weighted by Crippen LogP contribution is 2.39. The van der Waals surface area contributed by atoms with Crippen LogP contribution < -0.4 is 19.7 Å². The van der Waals surface area contributed by atoms with Crippen molar-refractivity contribution in [2.75, 3.05) is 23.9 Å². The van der Waals surface area contributed by atoms with Crippen LogP contribution in [0, 0.1) is 0 Å². The van der Waals surface area contributed by atoms with Gasteiger partial charge >= 0.3 is 0 Å². The fraction of sp³-hybridized carbons (Fsp3) is 0.185. The van der Waals surface area contributed by atoms with Crippen molar-refractivity contribution in [3.05, 3.63) is 72.2 Å². The van der Waals surface area contributed by atoms with E-state index in [1.807, 2.05) is 54.8 Å². The van der Waals surface area contributed by atoms with Crippen molar-refractivity contribution in [2.24, 2.45) is 0 Å². The van der Waals surface area contributed by atoms with Crippen LogP contribution in [0.1, 0.15) is 13.3 Å². The fourth-order valence-electron chi connectivity index (χ4n) is 4.00. The molecule has 0 spiro atoms. The second-order valence-corrected chi connectivity index (χ2v) is 8.98. The van der Waals surface area contributed by atoms with Crippen LogP contribution in [0.4, 0.5) is 11.4 Å². The molecule has 5 rings (SSSR count). The van der Waals surface area contributed by atoms with Gasteiger partial charge in [0.2, 0.25) is 5.91 Å².